The van der Waals surface area contributed by atoms with E-state index < -0.39 is 0 Å². The van der Waals surface area contributed by atoms with Crippen LogP contribution < -0.4 is 5.56 Å². The highest BCUT2D eigenvalue weighted by Gasteiger charge is 2.07. The molecule has 0 spiro atoms. The van der Waals surface area contributed by atoms with Gasteiger partial charge >= 0.3 is 0 Å². The first-order valence-electron chi connectivity index (χ1n) is 6.13. The Morgan fingerprint density at radius 2 is 2.22 bits per heavy atom. The van der Waals surface area contributed by atoms with Crippen LogP contribution in [0.3, 0.4) is 0 Å². The van der Waals surface area contributed by atoms with E-state index in [-0.39, 0.29) is 5.56 Å². The molecule has 0 aliphatic rings. The van der Waals surface area contributed by atoms with Crippen LogP contribution in [0.15, 0.2) is 23.1 Å². The highest BCUT2D eigenvalue weighted by Crippen LogP contribution is 1.99. The third-order valence-corrected chi connectivity index (χ3v) is 2.79. The normalized spacial score (nSPS) is 10.8. The molecule has 96 valence electrons. The lowest BCUT2D eigenvalue weighted by Gasteiger charge is -2.06. The summed E-state index contributed by atoms with van der Waals surface area (Å²) in [5.74, 6) is 0.717. The Morgan fingerprint density at radius 3 is 2.94 bits per heavy atom. The fraction of sp³-hybridized carbons (Fsp3) is 0.500. The van der Waals surface area contributed by atoms with Crippen molar-refractivity contribution in [3.63, 3.8) is 0 Å². The van der Waals surface area contributed by atoms with E-state index in [1.165, 1.54) is 0 Å². The smallest absolute Gasteiger partial charge is 0.251 e. The average molecular weight is 247 g/mol. The summed E-state index contributed by atoms with van der Waals surface area (Å²) in [6.45, 7) is 5.22. The van der Waals surface area contributed by atoms with Crippen molar-refractivity contribution in [2.45, 2.75) is 39.8 Å². The largest absolute Gasteiger partial charge is 0.308 e. The molecule has 6 nitrogen and oxygen atoms in total. The van der Waals surface area contributed by atoms with Crippen molar-refractivity contribution in [1.29, 1.82) is 0 Å². The number of hydrogen-bond donors (Lipinski definition) is 0. The summed E-state index contributed by atoms with van der Waals surface area (Å²) >= 11 is 0. The first-order valence-corrected chi connectivity index (χ1v) is 6.13. The number of aromatic nitrogens is 5. The van der Waals surface area contributed by atoms with Gasteiger partial charge < -0.3 is 4.57 Å². The molecule has 0 saturated carbocycles. The van der Waals surface area contributed by atoms with Crippen LogP contribution >= 0.6 is 0 Å². The van der Waals surface area contributed by atoms with Gasteiger partial charge in [0.1, 0.15) is 0 Å². The lowest BCUT2D eigenvalue weighted by molar-refractivity contribution is 0.521. The summed E-state index contributed by atoms with van der Waals surface area (Å²) in [7, 11) is 0. The number of nitrogens with zero attached hydrogens (tertiary/aromatic N) is 5. The van der Waals surface area contributed by atoms with Crippen LogP contribution in [0.5, 0.6) is 0 Å². The van der Waals surface area contributed by atoms with Crippen molar-refractivity contribution in [2.75, 3.05) is 0 Å². The predicted octanol–water partition coefficient (Wildman–Crippen LogP) is 0.992. The number of aryl methyl sites for hydroxylation is 2. The molecule has 2 rings (SSSR count). The average Bonchev–Trinajstić information content (AvgIpc) is 2.77. The molecule has 0 amide bonds. The van der Waals surface area contributed by atoms with E-state index in [4.69, 9.17) is 0 Å². The van der Waals surface area contributed by atoms with Crippen LogP contribution in [0.25, 0.3) is 0 Å². The number of pyridine rings is 1. The van der Waals surface area contributed by atoms with Gasteiger partial charge in [-0.3, -0.25) is 4.79 Å². The van der Waals surface area contributed by atoms with E-state index in [2.05, 4.69) is 22.4 Å². The fourth-order valence-corrected chi connectivity index (χ4v) is 1.71. The van der Waals surface area contributed by atoms with Crippen LogP contribution in [-0.2, 0) is 13.1 Å². The molecule has 0 aromatic carbocycles. The minimum absolute atomic E-state index is 0.0277. The van der Waals surface area contributed by atoms with Gasteiger partial charge in [-0.05, 0) is 35.4 Å². The molecule has 2 aromatic rings. The Kier molecular flexibility index (Phi) is 3.86. The van der Waals surface area contributed by atoms with Crippen molar-refractivity contribution in [3.8, 4) is 0 Å². The zero-order chi connectivity index (χ0) is 13.0. The zero-order valence-electron chi connectivity index (χ0n) is 10.7. The standard InChI is InChI=1S/C12H17N5O/c1-3-4-6-17-11(13-14-15-17)9-16-7-5-10(2)8-12(16)18/h5,7-8H,3-4,6,9H2,1-2H3. The molecule has 18 heavy (non-hydrogen) atoms. The van der Waals surface area contributed by atoms with Crippen molar-refractivity contribution >= 4 is 0 Å². The van der Waals surface area contributed by atoms with E-state index in [9.17, 15) is 4.79 Å². The SMILES string of the molecule is CCCCn1nnnc1Cn1ccc(C)cc1=O. The quantitative estimate of drug-likeness (QED) is 0.790. The molecule has 0 bridgehead atoms. The van der Waals surface area contributed by atoms with Gasteiger partial charge in [-0.1, -0.05) is 13.3 Å². The third-order valence-electron chi connectivity index (χ3n) is 2.79. The number of tetrazole rings is 1. The number of unbranched alkanes of at least 4 members (excludes halogenated alkanes) is 1. The second-order valence-corrected chi connectivity index (χ2v) is 4.34. The van der Waals surface area contributed by atoms with Crippen molar-refractivity contribution < 1.29 is 0 Å². The van der Waals surface area contributed by atoms with Crippen LogP contribution in [0.1, 0.15) is 31.2 Å². The maximum atomic E-state index is 11.8. The van der Waals surface area contributed by atoms with E-state index in [1.807, 2.05) is 13.0 Å². The molecule has 0 N–H and O–H groups in total. The second kappa shape index (κ2) is 5.57. The predicted molar refractivity (Wildman–Crippen MR) is 67.3 cm³/mol. The minimum Gasteiger partial charge on any atom is -0.308 e. The van der Waals surface area contributed by atoms with Crippen LogP contribution in [-0.4, -0.2) is 24.8 Å². The molecule has 2 aromatic heterocycles. The Labute approximate surface area is 105 Å². The van der Waals surface area contributed by atoms with Crippen molar-refractivity contribution in [1.82, 2.24) is 24.8 Å². The van der Waals surface area contributed by atoms with Crippen LogP contribution in [0.4, 0.5) is 0 Å². The Morgan fingerprint density at radius 1 is 1.39 bits per heavy atom. The van der Waals surface area contributed by atoms with Gasteiger partial charge in [0, 0.05) is 18.8 Å². The fourth-order valence-electron chi connectivity index (χ4n) is 1.71. The summed E-state index contributed by atoms with van der Waals surface area (Å²) in [6, 6.07) is 3.52. The Hall–Kier alpha value is -1.98. The van der Waals surface area contributed by atoms with Crippen LogP contribution in [0.2, 0.25) is 0 Å². The minimum atomic E-state index is -0.0277. The van der Waals surface area contributed by atoms with E-state index in [0.29, 0.717) is 6.54 Å². The zero-order valence-corrected chi connectivity index (χ0v) is 10.7. The van der Waals surface area contributed by atoms with Crippen molar-refractivity contribution in [2.24, 2.45) is 0 Å². The molecule has 0 saturated heterocycles. The van der Waals surface area contributed by atoms with Gasteiger partial charge in [-0.2, -0.15) is 0 Å². The van der Waals surface area contributed by atoms with Gasteiger partial charge in [-0.15, -0.1) is 5.10 Å². The van der Waals surface area contributed by atoms with Gasteiger partial charge in [-0.25, -0.2) is 4.68 Å². The highest BCUT2D eigenvalue weighted by atomic mass is 16.1. The molecule has 2 heterocycles. The maximum Gasteiger partial charge on any atom is 0.251 e. The lowest BCUT2D eigenvalue weighted by Crippen LogP contribution is -2.21. The lowest BCUT2D eigenvalue weighted by atomic mass is 10.3. The molecule has 0 fully saturated rings. The van der Waals surface area contributed by atoms with E-state index in [1.54, 1.807) is 21.5 Å². The first kappa shape index (κ1) is 12.5. The van der Waals surface area contributed by atoms with Gasteiger partial charge in [0.25, 0.3) is 5.56 Å². The highest BCUT2D eigenvalue weighted by molar-refractivity contribution is 5.08. The van der Waals surface area contributed by atoms with Gasteiger partial charge in [0.05, 0.1) is 6.54 Å². The maximum absolute atomic E-state index is 11.8. The van der Waals surface area contributed by atoms with Gasteiger partial charge in [0.15, 0.2) is 5.82 Å². The van der Waals surface area contributed by atoms with Crippen LogP contribution in [0, 0.1) is 6.92 Å². The summed E-state index contributed by atoms with van der Waals surface area (Å²) < 4.78 is 3.37. The summed E-state index contributed by atoms with van der Waals surface area (Å²) in [6.07, 6.45) is 3.89. The Bertz CT molecular complexity index is 572. The summed E-state index contributed by atoms with van der Waals surface area (Å²) in [5, 5.41) is 11.6. The molecular formula is C12H17N5O. The molecule has 0 atom stereocenters. The monoisotopic (exact) mass is 247 g/mol. The molecule has 0 unspecified atom stereocenters. The third kappa shape index (κ3) is 2.82. The summed E-state index contributed by atoms with van der Waals surface area (Å²) in [4.78, 5) is 11.8. The summed E-state index contributed by atoms with van der Waals surface area (Å²) in [5.41, 5.74) is 0.932. The first-order chi connectivity index (χ1) is 8.70. The number of rotatable bonds is 5. The van der Waals surface area contributed by atoms with Gasteiger partial charge in [0.2, 0.25) is 0 Å². The Balaban J connectivity index is 2.18. The second-order valence-electron chi connectivity index (χ2n) is 4.34. The molecule has 0 radical (unpaired) electrons. The molecule has 0 aliphatic heterocycles. The molecule has 6 heteroatoms. The van der Waals surface area contributed by atoms with E-state index >= 15 is 0 Å². The molecule has 0 aliphatic carbocycles. The van der Waals surface area contributed by atoms with Crippen molar-refractivity contribution in [3.05, 3.63) is 40.1 Å². The topological polar surface area (TPSA) is 65.6 Å². The van der Waals surface area contributed by atoms with E-state index in [0.717, 1.165) is 30.8 Å². The molecular weight excluding hydrogens is 230 g/mol. The number of hydrogen-bond acceptors (Lipinski definition) is 4.